The molecule has 0 aliphatic heterocycles. The second-order valence-corrected chi connectivity index (χ2v) is 2.75. The monoisotopic (exact) mass is 151 g/mol. The van der Waals surface area contributed by atoms with E-state index in [2.05, 4.69) is 19.6 Å². The molecule has 0 rings (SSSR count). The van der Waals surface area contributed by atoms with Gasteiger partial charge in [0, 0.05) is 0 Å². The lowest BCUT2D eigenvalue weighted by Crippen LogP contribution is -1.75. The van der Waals surface area contributed by atoms with Crippen LogP contribution in [0.4, 0.5) is 0 Å². The van der Waals surface area contributed by atoms with Gasteiger partial charge < -0.3 is 0 Å². The van der Waals surface area contributed by atoms with Crippen LogP contribution >= 0.6 is 0 Å². The van der Waals surface area contributed by atoms with E-state index in [1.165, 1.54) is 38.5 Å². The van der Waals surface area contributed by atoms with Crippen LogP contribution in [-0.4, -0.2) is 0 Å². The van der Waals surface area contributed by atoms with Crippen molar-refractivity contribution in [3.8, 4) is 0 Å². The van der Waals surface area contributed by atoms with Gasteiger partial charge in [0.05, 0.1) is 0 Å². The summed E-state index contributed by atoms with van der Waals surface area (Å²) >= 11 is 0. The van der Waals surface area contributed by atoms with Crippen molar-refractivity contribution in [3.63, 3.8) is 0 Å². The Morgan fingerprint density at radius 1 is 0.909 bits per heavy atom. The highest BCUT2D eigenvalue weighted by molar-refractivity contribution is 4.83. The van der Waals surface area contributed by atoms with E-state index in [4.69, 9.17) is 0 Å². The normalized spacial score (nSPS) is 10.6. The predicted molar refractivity (Wildman–Crippen MR) is 52.4 cm³/mol. The topological polar surface area (TPSA) is 0 Å². The van der Waals surface area contributed by atoms with Gasteiger partial charge in [-0.1, -0.05) is 31.1 Å². The predicted octanol–water partition coefficient (Wildman–Crippen LogP) is 3.90. The van der Waals surface area contributed by atoms with Crippen LogP contribution in [0.25, 0.3) is 0 Å². The highest BCUT2D eigenvalue weighted by Gasteiger charge is 1.85. The second kappa shape index (κ2) is 9.48. The summed E-state index contributed by atoms with van der Waals surface area (Å²) in [5.74, 6) is 0. The fourth-order valence-corrected chi connectivity index (χ4v) is 1.02. The Kier molecular flexibility index (Phi) is 9.03. The number of hydrogen-bond acceptors (Lipinski definition) is 0. The van der Waals surface area contributed by atoms with Crippen LogP contribution in [0.1, 0.15) is 38.5 Å². The Morgan fingerprint density at radius 2 is 1.55 bits per heavy atom. The maximum atomic E-state index is 3.69. The molecule has 0 spiro atoms. The molecule has 1 radical (unpaired) electrons. The van der Waals surface area contributed by atoms with Crippen LogP contribution in [0.3, 0.4) is 0 Å². The van der Waals surface area contributed by atoms with Crippen molar-refractivity contribution in [2.24, 2.45) is 0 Å². The first-order valence-electron chi connectivity index (χ1n) is 4.47. The summed E-state index contributed by atoms with van der Waals surface area (Å²) in [5, 5.41) is 0. The molecule has 11 heavy (non-hydrogen) atoms. The molecule has 0 atom stereocenters. The molecule has 0 amide bonds. The average molecular weight is 151 g/mol. The van der Waals surface area contributed by atoms with E-state index >= 15 is 0 Å². The van der Waals surface area contributed by atoms with Crippen molar-refractivity contribution >= 4 is 0 Å². The molecule has 0 nitrogen and oxygen atoms in total. The standard InChI is InChI=1S/C11H19/c1-3-5-7-9-11-10-8-6-4-2/h3-5H,1-2,6-11H2/b5-3-. The highest BCUT2D eigenvalue weighted by Crippen LogP contribution is 2.05. The van der Waals surface area contributed by atoms with E-state index in [0.29, 0.717) is 0 Å². The van der Waals surface area contributed by atoms with Crippen LogP contribution in [0, 0.1) is 6.92 Å². The van der Waals surface area contributed by atoms with Gasteiger partial charge in [0.2, 0.25) is 0 Å². The number of allylic oxidation sites excluding steroid dienone is 3. The highest BCUT2D eigenvalue weighted by atomic mass is 13.9. The van der Waals surface area contributed by atoms with Gasteiger partial charge in [-0.3, -0.25) is 0 Å². The largest absolute Gasteiger partial charge is 0.103 e. The molecule has 0 unspecified atom stereocenters. The van der Waals surface area contributed by atoms with Gasteiger partial charge in [-0.05, 0) is 32.6 Å². The van der Waals surface area contributed by atoms with Gasteiger partial charge in [-0.25, -0.2) is 0 Å². The molecule has 0 aromatic rings. The zero-order chi connectivity index (χ0) is 8.36. The van der Waals surface area contributed by atoms with E-state index < -0.39 is 0 Å². The molecule has 0 saturated heterocycles. The minimum atomic E-state index is 1.17. The molecule has 0 bridgehead atoms. The minimum Gasteiger partial charge on any atom is -0.103 e. The molecule has 0 aromatic heterocycles. The maximum Gasteiger partial charge on any atom is -0.0316 e. The van der Waals surface area contributed by atoms with Gasteiger partial charge in [-0.15, -0.1) is 6.58 Å². The van der Waals surface area contributed by atoms with Crippen molar-refractivity contribution in [2.75, 3.05) is 0 Å². The van der Waals surface area contributed by atoms with E-state index in [1.807, 2.05) is 12.2 Å². The lowest BCUT2D eigenvalue weighted by Gasteiger charge is -1.95. The van der Waals surface area contributed by atoms with Crippen molar-refractivity contribution < 1.29 is 0 Å². The Labute approximate surface area is 71.0 Å². The Morgan fingerprint density at radius 3 is 2.09 bits per heavy atom. The third kappa shape index (κ3) is 9.48. The van der Waals surface area contributed by atoms with Crippen molar-refractivity contribution in [3.05, 3.63) is 31.7 Å². The van der Waals surface area contributed by atoms with Crippen molar-refractivity contribution in [2.45, 2.75) is 38.5 Å². The number of hydrogen-bond donors (Lipinski definition) is 0. The van der Waals surface area contributed by atoms with Crippen LogP contribution < -0.4 is 0 Å². The lowest BCUT2D eigenvalue weighted by atomic mass is 10.1. The van der Waals surface area contributed by atoms with Crippen molar-refractivity contribution in [1.82, 2.24) is 0 Å². The van der Waals surface area contributed by atoms with Gasteiger partial charge in [0.25, 0.3) is 0 Å². The van der Waals surface area contributed by atoms with Crippen LogP contribution in [0.15, 0.2) is 24.8 Å². The van der Waals surface area contributed by atoms with E-state index in [9.17, 15) is 0 Å². The third-order valence-corrected chi connectivity index (χ3v) is 1.70. The molecule has 0 heteroatoms. The Bertz CT molecular complexity index is 101. The van der Waals surface area contributed by atoms with E-state index in [1.54, 1.807) is 0 Å². The van der Waals surface area contributed by atoms with Gasteiger partial charge in [-0.2, -0.15) is 0 Å². The smallest absolute Gasteiger partial charge is 0.0316 e. The summed E-state index contributed by atoms with van der Waals surface area (Å²) in [7, 11) is 0. The van der Waals surface area contributed by atoms with Crippen LogP contribution in [0.2, 0.25) is 0 Å². The van der Waals surface area contributed by atoms with Gasteiger partial charge >= 0.3 is 0 Å². The van der Waals surface area contributed by atoms with Crippen LogP contribution in [-0.2, 0) is 0 Å². The summed E-state index contributed by atoms with van der Waals surface area (Å²) in [6.07, 6.45) is 13.7. The molecule has 0 saturated carbocycles. The molecule has 63 valence electrons. The first kappa shape index (κ1) is 10.5. The molecule has 0 heterocycles. The zero-order valence-electron chi connectivity index (χ0n) is 7.39. The first-order valence-corrected chi connectivity index (χ1v) is 4.47. The molecule has 0 aromatic carbocycles. The third-order valence-electron chi connectivity index (χ3n) is 1.70. The zero-order valence-corrected chi connectivity index (χ0v) is 7.39. The molecule has 0 aliphatic carbocycles. The van der Waals surface area contributed by atoms with Crippen molar-refractivity contribution in [1.29, 1.82) is 0 Å². The average Bonchev–Trinajstić information content (AvgIpc) is 2.03. The summed E-state index contributed by atoms with van der Waals surface area (Å²) < 4.78 is 0. The molecular weight excluding hydrogens is 132 g/mol. The van der Waals surface area contributed by atoms with Crippen LogP contribution in [0.5, 0.6) is 0 Å². The minimum absolute atomic E-state index is 1.17. The molecule has 0 fully saturated rings. The van der Waals surface area contributed by atoms with E-state index in [0.717, 1.165) is 0 Å². The summed E-state index contributed by atoms with van der Waals surface area (Å²) in [6, 6.07) is 0. The second-order valence-electron chi connectivity index (χ2n) is 2.75. The first-order chi connectivity index (χ1) is 5.41. The summed E-state index contributed by atoms with van der Waals surface area (Å²) in [4.78, 5) is 0. The lowest BCUT2D eigenvalue weighted by molar-refractivity contribution is 0.652. The fraction of sp³-hybridized carbons (Fsp3) is 0.545. The number of rotatable bonds is 7. The van der Waals surface area contributed by atoms with Gasteiger partial charge in [0.1, 0.15) is 0 Å². The summed E-state index contributed by atoms with van der Waals surface area (Å²) in [6.45, 7) is 7.33. The van der Waals surface area contributed by atoms with Gasteiger partial charge in [0.15, 0.2) is 0 Å². The maximum absolute atomic E-state index is 3.69. The Hall–Kier alpha value is -0.520. The molecular formula is C11H19. The van der Waals surface area contributed by atoms with E-state index in [-0.39, 0.29) is 0 Å². The molecule has 0 N–H and O–H groups in total. The Balaban J connectivity index is 2.84. The SMILES string of the molecule is [CH2]/C=C\CCCCCCC=C. The fourth-order valence-electron chi connectivity index (χ4n) is 1.02. The quantitative estimate of drug-likeness (QED) is 0.382. The molecule has 0 aliphatic rings. The number of unbranched alkanes of at least 4 members (excludes halogenated alkanes) is 5. The summed E-state index contributed by atoms with van der Waals surface area (Å²) in [5.41, 5.74) is 0.